The number of aliphatic hydroxyl groups excluding tert-OH is 1. The van der Waals surface area contributed by atoms with Crippen molar-refractivity contribution in [1.29, 1.82) is 0 Å². The van der Waals surface area contributed by atoms with Crippen LogP contribution in [-0.2, 0) is 9.53 Å². The smallest absolute Gasteiger partial charge is 0.329 e. The third-order valence-electron chi connectivity index (χ3n) is 0.712. The van der Waals surface area contributed by atoms with Crippen LogP contribution in [0.4, 0.5) is 0 Å². The van der Waals surface area contributed by atoms with E-state index in [1.807, 2.05) is 0 Å². The Hall–Kier alpha value is -0.870. The first-order chi connectivity index (χ1) is 4.77. The fourth-order valence-corrected chi connectivity index (χ4v) is 0.357. The highest BCUT2D eigenvalue weighted by atomic mass is 16.5. The van der Waals surface area contributed by atoms with Crippen LogP contribution in [0.3, 0.4) is 0 Å². The number of ether oxygens (including phenoxy) is 1. The molecule has 0 aliphatic carbocycles. The van der Waals surface area contributed by atoms with E-state index in [4.69, 9.17) is 10.2 Å². The molecule has 0 spiro atoms. The Morgan fingerprint density at radius 3 is 2.70 bits per heavy atom. The molecule has 0 aromatic heterocycles. The van der Waals surface area contributed by atoms with Crippen LogP contribution in [0.2, 0.25) is 0 Å². The van der Waals surface area contributed by atoms with Crippen molar-refractivity contribution in [3.8, 4) is 0 Å². The lowest BCUT2D eigenvalue weighted by Gasteiger charge is -1.92. The highest BCUT2D eigenvalue weighted by Gasteiger charge is 1.91. The second kappa shape index (κ2) is 6.25. The second-order valence-corrected chi connectivity index (χ2v) is 1.56. The molecule has 0 amide bonds. The molecule has 2 N–H and O–H groups in total. The van der Waals surface area contributed by atoms with E-state index < -0.39 is 5.97 Å². The molecule has 10 heavy (non-hydrogen) atoms. The Bertz CT molecular complexity index is 119. The molecule has 0 fully saturated rings. The molecule has 0 radical (unpaired) electrons. The number of rotatable bonds is 5. The van der Waals surface area contributed by atoms with Crippen molar-refractivity contribution in [2.24, 2.45) is 0 Å². The van der Waals surface area contributed by atoms with E-state index in [-0.39, 0.29) is 19.8 Å². The number of carboxylic acids is 1. The predicted octanol–water partition coefficient (Wildman–Crippen LogP) is -0.364. The molecule has 0 heterocycles. The quantitative estimate of drug-likeness (QED) is 0.410. The van der Waals surface area contributed by atoms with Crippen LogP contribution < -0.4 is 0 Å². The molecule has 0 rings (SSSR count). The van der Waals surface area contributed by atoms with E-state index in [9.17, 15) is 4.79 Å². The summed E-state index contributed by atoms with van der Waals surface area (Å²) >= 11 is 0. The summed E-state index contributed by atoms with van der Waals surface area (Å²) in [7, 11) is 0. The van der Waals surface area contributed by atoms with Crippen molar-refractivity contribution in [2.75, 3.05) is 19.8 Å². The monoisotopic (exact) mass is 146 g/mol. The van der Waals surface area contributed by atoms with Crippen LogP contribution in [0.15, 0.2) is 12.2 Å². The number of aliphatic carboxylic acids is 1. The number of aliphatic hydroxyl groups is 1. The lowest BCUT2D eigenvalue weighted by Crippen LogP contribution is -2.06. The van der Waals surface area contributed by atoms with E-state index in [0.717, 1.165) is 0 Å². The van der Waals surface area contributed by atoms with Crippen molar-refractivity contribution in [3.05, 3.63) is 12.2 Å². The van der Waals surface area contributed by atoms with Gasteiger partial charge >= 0.3 is 5.97 Å². The standard InChI is InChI=1S/C6H10O4/c7-3-1-2-4-10-5-6(8)9/h1-2,7H,3-5H2,(H,8,9)/b2-1-. The predicted molar refractivity (Wildman–Crippen MR) is 34.7 cm³/mol. The van der Waals surface area contributed by atoms with Gasteiger partial charge in [-0.15, -0.1) is 0 Å². The Kier molecular flexibility index (Phi) is 5.71. The van der Waals surface area contributed by atoms with Crippen LogP contribution in [0, 0.1) is 0 Å². The summed E-state index contributed by atoms with van der Waals surface area (Å²) in [6.45, 7) is -0.112. The van der Waals surface area contributed by atoms with E-state index in [2.05, 4.69) is 4.74 Å². The van der Waals surface area contributed by atoms with Crippen LogP contribution >= 0.6 is 0 Å². The van der Waals surface area contributed by atoms with Crippen LogP contribution in [0.25, 0.3) is 0 Å². The first-order valence-corrected chi connectivity index (χ1v) is 2.82. The Labute approximate surface area is 58.7 Å². The van der Waals surface area contributed by atoms with Gasteiger partial charge in [-0.25, -0.2) is 4.79 Å². The molecule has 58 valence electrons. The van der Waals surface area contributed by atoms with Crippen molar-refractivity contribution >= 4 is 5.97 Å². The summed E-state index contributed by atoms with van der Waals surface area (Å²) < 4.78 is 4.60. The van der Waals surface area contributed by atoms with Gasteiger partial charge in [0.25, 0.3) is 0 Å². The molecule has 0 unspecified atom stereocenters. The second-order valence-electron chi connectivity index (χ2n) is 1.56. The van der Waals surface area contributed by atoms with Gasteiger partial charge in [0.05, 0.1) is 13.2 Å². The maximum absolute atomic E-state index is 9.83. The number of carboxylic acid groups (broad SMARTS) is 1. The van der Waals surface area contributed by atoms with Gasteiger partial charge in [0.2, 0.25) is 0 Å². The summed E-state index contributed by atoms with van der Waals surface area (Å²) in [5.74, 6) is -0.989. The van der Waals surface area contributed by atoms with E-state index >= 15 is 0 Å². The van der Waals surface area contributed by atoms with Crippen molar-refractivity contribution < 1.29 is 19.7 Å². The van der Waals surface area contributed by atoms with E-state index in [1.165, 1.54) is 6.08 Å². The molecule has 0 aliphatic rings. The Morgan fingerprint density at radius 1 is 1.50 bits per heavy atom. The minimum absolute atomic E-state index is 0.0452. The lowest BCUT2D eigenvalue weighted by atomic mass is 10.5. The first-order valence-electron chi connectivity index (χ1n) is 2.82. The largest absolute Gasteiger partial charge is 0.480 e. The van der Waals surface area contributed by atoms with Gasteiger partial charge in [-0.1, -0.05) is 12.2 Å². The normalized spacial score (nSPS) is 10.5. The van der Waals surface area contributed by atoms with Crippen molar-refractivity contribution in [2.45, 2.75) is 0 Å². The van der Waals surface area contributed by atoms with Gasteiger partial charge in [-0.05, 0) is 0 Å². The zero-order chi connectivity index (χ0) is 7.82. The molecular weight excluding hydrogens is 136 g/mol. The van der Waals surface area contributed by atoms with Crippen molar-refractivity contribution in [3.63, 3.8) is 0 Å². The molecule has 4 nitrogen and oxygen atoms in total. The van der Waals surface area contributed by atoms with Gasteiger partial charge in [0, 0.05) is 0 Å². The van der Waals surface area contributed by atoms with Crippen LogP contribution in [0.1, 0.15) is 0 Å². The minimum atomic E-state index is -0.989. The Morgan fingerprint density at radius 2 is 2.20 bits per heavy atom. The molecular formula is C6H10O4. The maximum Gasteiger partial charge on any atom is 0.329 e. The highest BCUT2D eigenvalue weighted by Crippen LogP contribution is 1.76. The summed E-state index contributed by atoms with van der Waals surface area (Å²) in [5.41, 5.74) is 0. The summed E-state index contributed by atoms with van der Waals surface area (Å²) in [6.07, 6.45) is 3.05. The molecule has 0 saturated carbocycles. The molecule has 0 aromatic carbocycles. The molecule has 0 bridgehead atoms. The van der Waals surface area contributed by atoms with Crippen LogP contribution in [-0.4, -0.2) is 36.0 Å². The first kappa shape index (κ1) is 9.13. The topological polar surface area (TPSA) is 66.8 Å². The molecule has 0 saturated heterocycles. The number of hydrogen-bond acceptors (Lipinski definition) is 3. The van der Waals surface area contributed by atoms with Gasteiger partial charge in [0.15, 0.2) is 0 Å². The minimum Gasteiger partial charge on any atom is -0.480 e. The average Bonchev–Trinajstić information content (AvgIpc) is 1.87. The average molecular weight is 146 g/mol. The fraction of sp³-hybridized carbons (Fsp3) is 0.500. The van der Waals surface area contributed by atoms with Gasteiger partial charge in [0.1, 0.15) is 6.61 Å². The molecule has 4 heteroatoms. The zero-order valence-electron chi connectivity index (χ0n) is 5.49. The lowest BCUT2D eigenvalue weighted by molar-refractivity contribution is -0.141. The van der Waals surface area contributed by atoms with Gasteiger partial charge < -0.3 is 14.9 Å². The maximum atomic E-state index is 9.83. The summed E-state index contributed by atoms with van der Waals surface area (Å²) in [4.78, 5) is 9.83. The summed E-state index contributed by atoms with van der Waals surface area (Å²) in [5, 5.41) is 16.3. The molecule has 0 aliphatic heterocycles. The zero-order valence-corrected chi connectivity index (χ0v) is 5.49. The Balaban J connectivity index is 3.05. The van der Waals surface area contributed by atoms with Crippen LogP contribution in [0.5, 0.6) is 0 Å². The molecule has 0 atom stereocenters. The van der Waals surface area contributed by atoms with E-state index in [1.54, 1.807) is 6.08 Å². The third kappa shape index (κ3) is 7.13. The summed E-state index contributed by atoms with van der Waals surface area (Å²) in [6, 6.07) is 0. The number of hydrogen-bond donors (Lipinski definition) is 2. The number of carbonyl (C=O) groups is 1. The van der Waals surface area contributed by atoms with Gasteiger partial charge in [-0.2, -0.15) is 0 Å². The third-order valence-corrected chi connectivity index (χ3v) is 0.712. The van der Waals surface area contributed by atoms with Crippen molar-refractivity contribution in [1.82, 2.24) is 0 Å². The van der Waals surface area contributed by atoms with Gasteiger partial charge in [-0.3, -0.25) is 0 Å². The SMILES string of the molecule is O=C(O)COC/C=C\CO. The molecule has 0 aromatic rings. The van der Waals surface area contributed by atoms with E-state index in [0.29, 0.717) is 0 Å². The fourth-order valence-electron chi connectivity index (χ4n) is 0.357. The highest BCUT2D eigenvalue weighted by molar-refractivity contribution is 5.67.